The highest BCUT2D eigenvalue weighted by molar-refractivity contribution is 5.86. The molecule has 1 saturated heterocycles. The molecule has 1 aliphatic rings. The summed E-state index contributed by atoms with van der Waals surface area (Å²) in [6.45, 7) is 3.01. The quantitative estimate of drug-likeness (QED) is 0.797. The van der Waals surface area contributed by atoms with Gasteiger partial charge in [-0.25, -0.2) is 9.59 Å². The maximum atomic E-state index is 12.7. The van der Waals surface area contributed by atoms with Crippen LogP contribution >= 0.6 is 0 Å². The second kappa shape index (κ2) is 7.84. The van der Waals surface area contributed by atoms with E-state index in [-0.39, 0.29) is 19.0 Å². The Kier molecular flexibility index (Phi) is 6.43. The van der Waals surface area contributed by atoms with Crippen LogP contribution in [0.4, 0.5) is 4.79 Å². The predicted molar refractivity (Wildman–Crippen MR) is 75.7 cm³/mol. The number of methoxy groups -OCH3 is 1. The van der Waals surface area contributed by atoms with Gasteiger partial charge in [0.15, 0.2) is 0 Å². The van der Waals surface area contributed by atoms with Gasteiger partial charge in [-0.05, 0) is 26.2 Å². The second-order valence-electron chi connectivity index (χ2n) is 5.36. The summed E-state index contributed by atoms with van der Waals surface area (Å²) in [6, 6.07) is 1.68. The SMILES string of the molecule is COCCN(CCC#N)C(=O)N1CCCCC1(C)C(=O)O. The van der Waals surface area contributed by atoms with Crippen molar-refractivity contribution in [3.8, 4) is 6.07 Å². The predicted octanol–water partition coefficient (Wildman–Crippen LogP) is 1.30. The van der Waals surface area contributed by atoms with Crippen molar-refractivity contribution in [2.75, 3.05) is 33.4 Å². The number of likely N-dealkylation sites (tertiary alicyclic amines) is 1. The fourth-order valence-electron chi connectivity index (χ4n) is 2.51. The third kappa shape index (κ3) is 4.08. The average molecular weight is 297 g/mol. The van der Waals surface area contributed by atoms with Crippen LogP contribution in [0.3, 0.4) is 0 Å². The Morgan fingerprint density at radius 1 is 1.43 bits per heavy atom. The minimum atomic E-state index is -1.17. The Morgan fingerprint density at radius 3 is 2.71 bits per heavy atom. The number of carboxylic acid groups (broad SMARTS) is 1. The van der Waals surface area contributed by atoms with E-state index in [2.05, 4.69) is 0 Å². The molecule has 1 heterocycles. The lowest BCUT2D eigenvalue weighted by Crippen LogP contribution is -2.61. The van der Waals surface area contributed by atoms with E-state index in [0.29, 0.717) is 26.1 Å². The summed E-state index contributed by atoms with van der Waals surface area (Å²) in [7, 11) is 1.54. The molecule has 7 heteroatoms. The average Bonchev–Trinajstić information content (AvgIpc) is 2.47. The first kappa shape index (κ1) is 17.2. The molecule has 1 fully saturated rings. The number of hydrogen-bond acceptors (Lipinski definition) is 4. The van der Waals surface area contributed by atoms with Gasteiger partial charge in [0, 0.05) is 26.7 Å². The van der Waals surface area contributed by atoms with Gasteiger partial charge in [-0.3, -0.25) is 0 Å². The molecule has 0 aromatic heterocycles. The van der Waals surface area contributed by atoms with E-state index >= 15 is 0 Å². The first-order chi connectivity index (χ1) is 9.97. The largest absolute Gasteiger partial charge is 0.480 e. The van der Waals surface area contributed by atoms with E-state index in [1.807, 2.05) is 6.07 Å². The van der Waals surface area contributed by atoms with E-state index in [1.54, 1.807) is 6.92 Å². The molecule has 1 rings (SSSR count). The molecule has 1 aliphatic heterocycles. The number of urea groups is 1. The van der Waals surface area contributed by atoms with Crippen molar-refractivity contribution in [1.29, 1.82) is 5.26 Å². The number of carbonyl (C=O) groups excluding carboxylic acids is 1. The number of nitriles is 1. The van der Waals surface area contributed by atoms with Crippen molar-refractivity contribution in [3.05, 3.63) is 0 Å². The molecule has 0 aliphatic carbocycles. The number of carbonyl (C=O) groups is 2. The lowest BCUT2D eigenvalue weighted by molar-refractivity contribution is -0.150. The minimum absolute atomic E-state index is 0.215. The number of aliphatic carboxylic acids is 1. The van der Waals surface area contributed by atoms with Crippen LogP contribution in [-0.4, -0.2) is 65.8 Å². The van der Waals surface area contributed by atoms with Gasteiger partial charge in [-0.2, -0.15) is 5.26 Å². The molecule has 0 radical (unpaired) electrons. The van der Waals surface area contributed by atoms with Gasteiger partial charge in [-0.1, -0.05) is 0 Å². The number of nitrogens with zero attached hydrogens (tertiary/aromatic N) is 3. The molecular formula is C14H23N3O4. The third-order valence-corrected chi connectivity index (χ3v) is 3.91. The Bertz CT molecular complexity index is 421. The monoisotopic (exact) mass is 297 g/mol. The molecule has 1 N–H and O–H groups in total. The molecule has 21 heavy (non-hydrogen) atoms. The third-order valence-electron chi connectivity index (χ3n) is 3.91. The number of rotatable bonds is 6. The highest BCUT2D eigenvalue weighted by Crippen LogP contribution is 2.29. The summed E-state index contributed by atoms with van der Waals surface area (Å²) in [5.41, 5.74) is -1.17. The second-order valence-corrected chi connectivity index (χ2v) is 5.36. The maximum absolute atomic E-state index is 12.7. The highest BCUT2D eigenvalue weighted by atomic mass is 16.5. The van der Waals surface area contributed by atoms with Gasteiger partial charge in [0.2, 0.25) is 0 Å². The van der Waals surface area contributed by atoms with E-state index < -0.39 is 11.5 Å². The maximum Gasteiger partial charge on any atom is 0.329 e. The van der Waals surface area contributed by atoms with Crippen molar-refractivity contribution < 1.29 is 19.4 Å². The van der Waals surface area contributed by atoms with Crippen molar-refractivity contribution in [1.82, 2.24) is 9.80 Å². The Morgan fingerprint density at radius 2 is 2.14 bits per heavy atom. The Labute approximate surface area is 125 Å². The van der Waals surface area contributed by atoms with Crippen LogP contribution in [0.2, 0.25) is 0 Å². The van der Waals surface area contributed by atoms with Crippen molar-refractivity contribution in [2.45, 2.75) is 38.1 Å². The van der Waals surface area contributed by atoms with Gasteiger partial charge in [0.05, 0.1) is 19.1 Å². The normalized spacial score (nSPS) is 21.7. The van der Waals surface area contributed by atoms with E-state index in [4.69, 9.17) is 10.00 Å². The molecule has 7 nitrogen and oxygen atoms in total. The summed E-state index contributed by atoms with van der Waals surface area (Å²) in [5.74, 6) is -0.984. The number of ether oxygens (including phenoxy) is 1. The highest BCUT2D eigenvalue weighted by Gasteiger charge is 2.45. The van der Waals surface area contributed by atoms with Crippen molar-refractivity contribution in [2.24, 2.45) is 0 Å². The molecule has 1 atom stereocenters. The molecule has 1 unspecified atom stereocenters. The zero-order valence-corrected chi connectivity index (χ0v) is 12.7. The number of hydrogen-bond donors (Lipinski definition) is 1. The number of amides is 2. The smallest absolute Gasteiger partial charge is 0.329 e. The van der Waals surface area contributed by atoms with Crippen LogP contribution in [0.25, 0.3) is 0 Å². The molecule has 0 saturated carbocycles. The van der Waals surface area contributed by atoms with Crippen LogP contribution in [0.1, 0.15) is 32.6 Å². The molecule has 0 aromatic rings. The van der Waals surface area contributed by atoms with Crippen molar-refractivity contribution >= 4 is 12.0 Å². The summed E-state index contributed by atoms with van der Waals surface area (Å²) < 4.78 is 4.98. The lowest BCUT2D eigenvalue weighted by atomic mass is 9.89. The van der Waals surface area contributed by atoms with Crippen molar-refractivity contribution in [3.63, 3.8) is 0 Å². The molecule has 118 valence electrons. The van der Waals surface area contributed by atoms with Crippen LogP contribution < -0.4 is 0 Å². The summed E-state index contributed by atoms with van der Waals surface area (Å²) in [4.78, 5) is 27.1. The first-order valence-corrected chi connectivity index (χ1v) is 7.13. The lowest BCUT2D eigenvalue weighted by Gasteiger charge is -2.43. The molecule has 2 amide bonds. The number of piperidine rings is 1. The first-order valence-electron chi connectivity index (χ1n) is 7.13. The Balaban J connectivity index is 2.88. The van der Waals surface area contributed by atoms with Crippen LogP contribution in [0.5, 0.6) is 0 Å². The van der Waals surface area contributed by atoms with Gasteiger partial charge >= 0.3 is 12.0 Å². The zero-order valence-electron chi connectivity index (χ0n) is 12.7. The van der Waals surface area contributed by atoms with Crippen LogP contribution in [0, 0.1) is 11.3 Å². The van der Waals surface area contributed by atoms with E-state index in [0.717, 1.165) is 12.8 Å². The fraction of sp³-hybridized carbons (Fsp3) is 0.786. The van der Waals surface area contributed by atoms with Gasteiger partial charge in [-0.15, -0.1) is 0 Å². The zero-order chi connectivity index (χ0) is 15.9. The standard InChI is InChI=1S/C14H23N3O4/c1-14(12(18)19)6-3-4-9-17(14)13(20)16(8-5-7-15)10-11-21-2/h3-6,8-11H2,1-2H3,(H,18,19). The van der Waals surface area contributed by atoms with Gasteiger partial charge < -0.3 is 19.6 Å². The minimum Gasteiger partial charge on any atom is -0.480 e. The molecule has 0 bridgehead atoms. The summed E-state index contributed by atoms with van der Waals surface area (Å²) in [6.07, 6.45) is 2.26. The number of carboxylic acids is 1. The van der Waals surface area contributed by atoms with E-state index in [1.165, 1.54) is 16.9 Å². The van der Waals surface area contributed by atoms with E-state index in [9.17, 15) is 14.7 Å². The van der Waals surface area contributed by atoms with Crippen LogP contribution in [0.15, 0.2) is 0 Å². The summed E-state index contributed by atoms with van der Waals surface area (Å²) >= 11 is 0. The molecule has 0 spiro atoms. The van der Waals surface area contributed by atoms with Gasteiger partial charge in [0.1, 0.15) is 5.54 Å². The Hall–Kier alpha value is -1.81. The van der Waals surface area contributed by atoms with Crippen LogP contribution in [-0.2, 0) is 9.53 Å². The topological polar surface area (TPSA) is 93.9 Å². The molecular weight excluding hydrogens is 274 g/mol. The fourth-order valence-corrected chi connectivity index (χ4v) is 2.51. The molecule has 0 aromatic carbocycles. The van der Waals surface area contributed by atoms with Gasteiger partial charge in [0.25, 0.3) is 0 Å². The summed E-state index contributed by atoms with van der Waals surface area (Å²) in [5, 5.41) is 18.2.